The van der Waals surface area contributed by atoms with Crippen LogP contribution >= 0.6 is 0 Å². The number of rotatable bonds is 5. The Bertz CT molecular complexity index is 864. The van der Waals surface area contributed by atoms with Gasteiger partial charge in [0, 0.05) is 12.7 Å². The van der Waals surface area contributed by atoms with Crippen molar-refractivity contribution < 1.29 is 23.9 Å². The molecule has 1 N–H and O–H groups in total. The maximum Gasteiger partial charge on any atom is 0.334 e. The number of hydrogen-bond donors (Lipinski definition) is 1. The van der Waals surface area contributed by atoms with E-state index in [-0.39, 0.29) is 0 Å². The summed E-state index contributed by atoms with van der Waals surface area (Å²) in [6.45, 7) is -0.532. The molecule has 0 spiro atoms. The lowest BCUT2D eigenvalue weighted by Crippen LogP contribution is -2.38. The smallest absolute Gasteiger partial charge is 0.334 e. The molecule has 2 aromatic rings. The van der Waals surface area contributed by atoms with Crippen LogP contribution < -0.4 is 10.1 Å². The van der Waals surface area contributed by atoms with Gasteiger partial charge in [0.15, 0.2) is 0 Å². The first-order valence-corrected chi connectivity index (χ1v) is 7.72. The van der Waals surface area contributed by atoms with Gasteiger partial charge in [0.1, 0.15) is 18.0 Å². The Labute approximate surface area is 149 Å². The van der Waals surface area contributed by atoms with Crippen LogP contribution in [0.2, 0.25) is 0 Å². The van der Waals surface area contributed by atoms with Crippen molar-refractivity contribution in [2.24, 2.45) is 0 Å². The maximum absolute atomic E-state index is 12.0. The monoisotopic (exact) mass is 353 g/mol. The summed E-state index contributed by atoms with van der Waals surface area (Å²) < 4.78 is 5.64. The quantitative estimate of drug-likeness (QED) is 0.654. The summed E-state index contributed by atoms with van der Waals surface area (Å²) in [5, 5.41) is 2.56. The van der Waals surface area contributed by atoms with Crippen LogP contribution in [-0.4, -0.2) is 47.1 Å². The number of carbonyl (C=O) groups excluding carboxylic acids is 4. The van der Waals surface area contributed by atoms with Gasteiger partial charge in [0.25, 0.3) is 0 Å². The van der Waals surface area contributed by atoms with Crippen LogP contribution in [0, 0.1) is 0 Å². The molecule has 1 aliphatic heterocycles. The molecule has 8 heteroatoms. The fourth-order valence-electron chi connectivity index (χ4n) is 2.33. The molecule has 0 atom stereocenters. The number of carbonyl (C=O) groups is 4. The Morgan fingerprint density at radius 1 is 0.923 bits per heavy atom. The van der Waals surface area contributed by atoms with Gasteiger partial charge in [-0.15, -0.1) is 0 Å². The van der Waals surface area contributed by atoms with Gasteiger partial charge in [-0.1, -0.05) is 18.2 Å². The largest absolute Gasteiger partial charge is 0.457 e. The third-order valence-corrected chi connectivity index (χ3v) is 3.67. The number of hydrogen-bond acceptors (Lipinski definition) is 5. The van der Waals surface area contributed by atoms with Crippen LogP contribution in [0.25, 0.3) is 0 Å². The highest BCUT2D eigenvalue weighted by Crippen LogP contribution is 2.22. The molecule has 0 aromatic heterocycles. The standard InChI is InChI=1S/C18H15N3O5/c1-20-16(23)17(24)21(18(20)25)11-15(22)19-12-7-9-14(10-8-12)26-13-5-3-2-4-6-13/h2-10H,11H2,1H3,(H,19,22). The van der Waals surface area contributed by atoms with Crippen molar-refractivity contribution in [2.45, 2.75) is 0 Å². The molecule has 0 radical (unpaired) electrons. The zero-order valence-corrected chi connectivity index (χ0v) is 13.8. The van der Waals surface area contributed by atoms with Gasteiger partial charge >= 0.3 is 17.8 Å². The lowest BCUT2D eigenvalue weighted by atomic mass is 10.3. The van der Waals surface area contributed by atoms with E-state index in [1.807, 2.05) is 30.3 Å². The van der Waals surface area contributed by atoms with E-state index in [0.717, 1.165) is 0 Å². The fraction of sp³-hybridized carbons (Fsp3) is 0.111. The van der Waals surface area contributed by atoms with Crippen LogP contribution in [0.4, 0.5) is 10.5 Å². The van der Waals surface area contributed by atoms with E-state index >= 15 is 0 Å². The normalized spacial score (nSPS) is 14.0. The predicted octanol–water partition coefficient (Wildman–Crippen LogP) is 1.84. The molecule has 1 fully saturated rings. The highest BCUT2D eigenvalue weighted by molar-refractivity contribution is 6.44. The predicted molar refractivity (Wildman–Crippen MR) is 91.5 cm³/mol. The number of ether oxygens (including phenoxy) is 1. The molecule has 132 valence electrons. The zero-order chi connectivity index (χ0) is 18.7. The SMILES string of the molecule is CN1C(=O)C(=O)N(CC(=O)Nc2ccc(Oc3ccccc3)cc2)C1=O. The number of imide groups is 2. The van der Waals surface area contributed by atoms with Crippen molar-refractivity contribution in [2.75, 3.05) is 18.9 Å². The van der Waals surface area contributed by atoms with Crippen LogP contribution in [0.3, 0.4) is 0 Å². The van der Waals surface area contributed by atoms with Crippen molar-refractivity contribution in [3.63, 3.8) is 0 Å². The number of benzene rings is 2. The van der Waals surface area contributed by atoms with E-state index in [9.17, 15) is 19.2 Å². The van der Waals surface area contributed by atoms with Gasteiger partial charge in [-0.3, -0.25) is 19.3 Å². The highest BCUT2D eigenvalue weighted by atomic mass is 16.5. The minimum absolute atomic E-state index is 0.467. The van der Waals surface area contributed by atoms with Crippen LogP contribution in [0.5, 0.6) is 11.5 Å². The lowest BCUT2D eigenvalue weighted by Gasteiger charge is -2.13. The number of anilines is 1. The Morgan fingerprint density at radius 3 is 2.12 bits per heavy atom. The van der Waals surface area contributed by atoms with Gasteiger partial charge in [0.05, 0.1) is 0 Å². The Balaban J connectivity index is 1.59. The van der Waals surface area contributed by atoms with E-state index in [1.165, 1.54) is 7.05 Å². The summed E-state index contributed by atoms with van der Waals surface area (Å²) in [5.74, 6) is -1.29. The first kappa shape index (κ1) is 17.2. The average molecular weight is 353 g/mol. The second-order valence-electron chi connectivity index (χ2n) is 5.53. The van der Waals surface area contributed by atoms with E-state index < -0.39 is 30.3 Å². The molecule has 1 heterocycles. The van der Waals surface area contributed by atoms with E-state index in [2.05, 4.69) is 5.32 Å². The average Bonchev–Trinajstić information content (AvgIpc) is 2.82. The number of nitrogens with zero attached hydrogens (tertiary/aromatic N) is 2. The third-order valence-electron chi connectivity index (χ3n) is 3.67. The van der Waals surface area contributed by atoms with Gasteiger partial charge in [-0.25, -0.2) is 9.69 Å². The third kappa shape index (κ3) is 3.54. The summed E-state index contributed by atoms with van der Waals surface area (Å²) in [4.78, 5) is 48.1. The molecule has 26 heavy (non-hydrogen) atoms. The van der Waals surface area contributed by atoms with Crippen molar-refractivity contribution in [1.29, 1.82) is 0 Å². The minimum atomic E-state index is -1.01. The maximum atomic E-state index is 12.0. The molecule has 8 nitrogen and oxygen atoms in total. The van der Waals surface area contributed by atoms with Gasteiger partial charge < -0.3 is 10.1 Å². The Morgan fingerprint density at radius 2 is 1.54 bits per heavy atom. The summed E-state index contributed by atoms with van der Waals surface area (Å²) in [5.41, 5.74) is 0.467. The summed E-state index contributed by atoms with van der Waals surface area (Å²) in [7, 11) is 1.19. The molecule has 0 saturated carbocycles. The molecule has 5 amide bonds. The summed E-state index contributed by atoms with van der Waals surface area (Å²) >= 11 is 0. The van der Waals surface area contributed by atoms with E-state index in [1.54, 1.807) is 24.3 Å². The molecule has 2 aromatic carbocycles. The molecule has 1 saturated heterocycles. The summed E-state index contributed by atoms with van der Waals surface area (Å²) in [6, 6.07) is 15.0. The number of nitrogens with one attached hydrogen (secondary N) is 1. The Kier molecular flexibility index (Phi) is 4.66. The Hall–Kier alpha value is -3.68. The minimum Gasteiger partial charge on any atom is -0.457 e. The second-order valence-corrected chi connectivity index (χ2v) is 5.53. The topological polar surface area (TPSA) is 96.0 Å². The van der Waals surface area contributed by atoms with Crippen LogP contribution in [-0.2, 0) is 14.4 Å². The number of likely N-dealkylation sites (N-methyl/N-ethyl adjacent to an activating group) is 1. The first-order chi connectivity index (χ1) is 12.5. The number of urea groups is 1. The molecular formula is C18H15N3O5. The lowest BCUT2D eigenvalue weighted by molar-refractivity contribution is -0.143. The highest BCUT2D eigenvalue weighted by Gasteiger charge is 2.42. The van der Waals surface area contributed by atoms with E-state index in [4.69, 9.17) is 4.74 Å². The number of amides is 5. The van der Waals surface area contributed by atoms with Crippen molar-refractivity contribution in [1.82, 2.24) is 9.80 Å². The van der Waals surface area contributed by atoms with E-state index in [0.29, 0.717) is 27.0 Å². The van der Waals surface area contributed by atoms with Gasteiger partial charge in [-0.05, 0) is 36.4 Å². The van der Waals surface area contributed by atoms with Gasteiger partial charge in [-0.2, -0.15) is 0 Å². The van der Waals surface area contributed by atoms with Crippen molar-refractivity contribution >= 4 is 29.4 Å². The zero-order valence-electron chi connectivity index (χ0n) is 13.8. The molecule has 0 bridgehead atoms. The summed E-state index contributed by atoms with van der Waals surface area (Å²) in [6.07, 6.45) is 0. The molecule has 0 unspecified atom stereocenters. The van der Waals surface area contributed by atoms with Crippen LogP contribution in [0.1, 0.15) is 0 Å². The van der Waals surface area contributed by atoms with Crippen molar-refractivity contribution in [3.05, 3.63) is 54.6 Å². The first-order valence-electron chi connectivity index (χ1n) is 7.72. The number of para-hydroxylation sites is 1. The molecule has 1 aliphatic rings. The molecule has 3 rings (SSSR count). The molecule has 0 aliphatic carbocycles. The van der Waals surface area contributed by atoms with Crippen LogP contribution in [0.15, 0.2) is 54.6 Å². The fourth-order valence-corrected chi connectivity index (χ4v) is 2.33. The molecular weight excluding hydrogens is 338 g/mol. The van der Waals surface area contributed by atoms with Gasteiger partial charge in [0.2, 0.25) is 5.91 Å². The van der Waals surface area contributed by atoms with Crippen molar-refractivity contribution in [3.8, 4) is 11.5 Å². The second kappa shape index (κ2) is 7.06.